The van der Waals surface area contributed by atoms with Crippen LogP contribution < -0.4 is 5.56 Å². The van der Waals surface area contributed by atoms with Gasteiger partial charge in [0.25, 0.3) is 11.4 Å². The molecule has 0 unspecified atom stereocenters. The van der Waals surface area contributed by atoms with Crippen LogP contribution in [0.5, 0.6) is 0 Å². The number of thiophene rings is 2. The number of hydrogen-bond donors (Lipinski definition) is 0. The molecule has 0 N–H and O–H groups in total. The summed E-state index contributed by atoms with van der Waals surface area (Å²) in [6.45, 7) is 0.342. The zero-order valence-corrected chi connectivity index (χ0v) is 19.4. The van der Waals surface area contributed by atoms with Crippen molar-refractivity contribution in [3.63, 3.8) is 0 Å². The van der Waals surface area contributed by atoms with Gasteiger partial charge in [0.1, 0.15) is 10.6 Å². The summed E-state index contributed by atoms with van der Waals surface area (Å²) in [7, 11) is 0. The van der Waals surface area contributed by atoms with Crippen LogP contribution in [0.3, 0.4) is 0 Å². The standard InChI is InChI=1S/C22H18N4O3S3/c27-21-18-14-6-1-2-7-15(14)32-20(18)24-22(26(21)11-13-5-3-9-28-13)31-12-17-23-19(29-25-17)16-8-4-10-30-16/h3-5,8-10H,1-2,6-7,11-12H2. The van der Waals surface area contributed by atoms with Crippen LogP contribution in [0.15, 0.2) is 54.8 Å². The average Bonchev–Trinajstić information content (AvgIpc) is 3.60. The number of furan rings is 1. The molecule has 0 aromatic carbocycles. The zero-order valence-electron chi connectivity index (χ0n) is 16.9. The molecule has 5 aromatic rings. The normalized spacial score (nSPS) is 13.6. The molecule has 1 aliphatic rings. The molecular formula is C22H18N4O3S3. The summed E-state index contributed by atoms with van der Waals surface area (Å²) in [5.74, 6) is 2.26. The highest BCUT2D eigenvalue weighted by Crippen LogP contribution is 2.35. The Morgan fingerprint density at radius 1 is 1.16 bits per heavy atom. The Bertz CT molecular complexity index is 1430. The Kier molecular flexibility index (Phi) is 5.20. The lowest BCUT2D eigenvalue weighted by molar-refractivity contribution is 0.426. The van der Waals surface area contributed by atoms with Gasteiger partial charge >= 0.3 is 0 Å². The molecule has 0 saturated heterocycles. The minimum absolute atomic E-state index is 0.000636. The second-order valence-electron chi connectivity index (χ2n) is 7.54. The van der Waals surface area contributed by atoms with Crippen molar-refractivity contribution in [2.45, 2.75) is 43.1 Å². The molecule has 10 heteroatoms. The van der Waals surface area contributed by atoms with E-state index in [2.05, 4.69) is 10.1 Å². The van der Waals surface area contributed by atoms with Crippen LogP contribution in [-0.4, -0.2) is 19.7 Å². The van der Waals surface area contributed by atoms with Gasteiger partial charge in [-0.2, -0.15) is 4.98 Å². The number of fused-ring (bicyclic) bond motifs is 3. The molecule has 0 bridgehead atoms. The van der Waals surface area contributed by atoms with Crippen molar-refractivity contribution < 1.29 is 8.94 Å². The van der Waals surface area contributed by atoms with Crippen molar-refractivity contribution in [3.8, 4) is 10.8 Å². The second-order valence-corrected chi connectivity index (χ2v) is 10.5. The maximum absolute atomic E-state index is 13.6. The molecule has 0 amide bonds. The number of aryl methyl sites for hydroxylation is 2. The van der Waals surface area contributed by atoms with E-state index in [1.807, 2.05) is 29.6 Å². The van der Waals surface area contributed by atoms with E-state index < -0.39 is 0 Å². The zero-order chi connectivity index (χ0) is 21.5. The fourth-order valence-corrected chi connectivity index (χ4v) is 6.76. The van der Waals surface area contributed by atoms with Crippen LogP contribution in [0.2, 0.25) is 0 Å². The van der Waals surface area contributed by atoms with Gasteiger partial charge in [-0.15, -0.1) is 22.7 Å². The van der Waals surface area contributed by atoms with Gasteiger partial charge in [0, 0.05) is 4.88 Å². The molecule has 0 radical (unpaired) electrons. The molecule has 0 saturated carbocycles. The predicted molar refractivity (Wildman–Crippen MR) is 126 cm³/mol. The van der Waals surface area contributed by atoms with Gasteiger partial charge in [0.2, 0.25) is 0 Å². The minimum atomic E-state index is 0.000636. The first-order valence-corrected chi connectivity index (χ1v) is 13.0. The van der Waals surface area contributed by atoms with E-state index in [1.54, 1.807) is 33.5 Å². The van der Waals surface area contributed by atoms with Crippen molar-refractivity contribution in [1.29, 1.82) is 0 Å². The molecule has 0 spiro atoms. The van der Waals surface area contributed by atoms with Crippen molar-refractivity contribution in [2.75, 3.05) is 0 Å². The lowest BCUT2D eigenvalue weighted by Gasteiger charge is -2.12. The maximum Gasteiger partial charge on any atom is 0.268 e. The number of thioether (sulfide) groups is 1. The Hall–Kier alpha value is -2.69. The summed E-state index contributed by atoms with van der Waals surface area (Å²) >= 11 is 4.66. The van der Waals surface area contributed by atoms with E-state index in [-0.39, 0.29) is 5.56 Å². The second kappa shape index (κ2) is 8.34. The maximum atomic E-state index is 13.6. The van der Waals surface area contributed by atoms with Crippen LogP contribution in [0.25, 0.3) is 21.0 Å². The topological polar surface area (TPSA) is 87.0 Å². The molecule has 5 heterocycles. The molecule has 32 heavy (non-hydrogen) atoms. The van der Waals surface area contributed by atoms with Crippen LogP contribution in [-0.2, 0) is 25.1 Å². The number of aromatic nitrogens is 4. The summed E-state index contributed by atoms with van der Waals surface area (Å²) in [6, 6.07) is 7.60. The third kappa shape index (κ3) is 3.62. The average molecular weight is 483 g/mol. The first kappa shape index (κ1) is 20.0. The largest absolute Gasteiger partial charge is 0.467 e. The molecular weight excluding hydrogens is 464 g/mol. The van der Waals surface area contributed by atoms with Crippen molar-refractivity contribution >= 4 is 44.7 Å². The highest BCUT2D eigenvalue weighted by Gasteiger charge is 2.23. The van der Waals surface area contributed by atoms with E-state index in [0.717, 1.165) is 40.1 Å². The number of nitrogens with zero attached hydrogens (tertiary/aromatic N) is 4. The molecule has 1 aliphatic carbocycles. The van der Waals surface area contributed by atoms with Crippen molar-refractivity contribution in [1.82, 2.24) is 19.7 Å². The van der Waals surface area contributed by atoms with Gasteiger partial charge in [-0.1, -0.05) is 23.0 Å². The third-order valence-corrected chi connectivity index (χ3v) is 8.48. The lowest BCUT2D eigenvalue weighted by Crippen LogP contribution is -2.24. The fourth-order valence-electron chi connectivity index (χ4n) is 3.97. The van der Waals surface area contributed by atoms with Gasteiger partial charge < -0.3 is 8.94 Å². The molecule has 7 nitrogen and oxygen atoms in total. The van der Waals surface area contributed by atoms with E-state index >= 15 is 0 Å². The molecule has 5 aromatic heterocycles. The Morgan fingerprint density at radius 2 is 2.09 bits per heavy atom. The SMILES string of the molecule is O=c1c2c3c(sc2nc(SCc2noc(-c4cccs4)n2)n1Cc1ccco1)CCCC3. The first-order chi connectivity index (χ1) is 15.8. The number of rotatable bonds is 6. The highest BCUT2D eigenvalue weighted by atomic mass is 32.2. The highest BCUT2D eigenvalue weighted by molar-refractivity contribution is 7.98. The summed E-state index contributed by atoms with van der Waals surface area (Å²) in [4.78, 5) is 26.1. The minimum Gasteiger partial charge on any atom is -0.467 e. The van der Waals surface area contributed by atoms with Gasteiger partial charge in [0.05, 0.1) is 28.8 Å². The van der Waals surface area contributed by atoms with Crippen LogP contribution in [0.4, 0.5) is 0 Å². The van der Waals surface area contributed by atoms with Crippen molar-refractivity contribution in [3.05, 3.63) is 68.3 Å². The van der Waals surface area contributed by atoms with E-state index in [0.29, 0.717) is 29.2 Å². The molecule has 6 rings (SSSR count). The van der Waals surface area contributed by atoms with E-state index in [9.17, 15) is 4.79 Å². The van der Waals surface area contributed by atoms with Crippen LogP contribution in [0.1, 0.15) is 34.9 Å². The third-order valence-electron chi connectivity index (χ3n) is 5.46. The van der Waals surface area contributed by atoms with Gasteiger partial charge in [-0.25, -0.2) is 4.98 Å². The first-order valence-electron chi connectivity index (χ1n) is 10.3. The molecule has 0 fully saturated rings. The molecule has 0 atom stereocenters. The van der Waals surface area contributed by atoms with E-state index in [1.165, 1.54) is 28.6 Å². The Morgan fingerprint density at radius 3 is 2.94 bits per heavy atom. The Labute approximate surface area is 195 Å². The quantitative estimate of drug-likeness (QED) is 0.237. The van der Waals surface area contributed by atoms with Gasteiger partial charge in [-0.3, -0.25) is 9.36 Å². The van der Waals surface area contributed by atoms with Crippen molar-refractivity contribution in [2.24, 2.45) is 0 Å². The molecule has 162 valence electrons. The fraction of sp³-hybridized carbons (Fsp3) is 0.273. The van der Waals surface area contributed by atoms with Gasteiger partial charge in [-0.05, 0) is 54.8 Å². The summed E-state index contributed by atoms with van der Waals surface area (Å²) in [6.07, 6.45) is 5.90. The summed E-state index contributed by atoms with van der Waals surface area (Å²) in [5, 5.41) is 7.49. The summed E-state index contributed by atoms with van der Waals surface area (Å²) in [5.41, 5.74) is 1.19. The van der Waals surface area contributed by atoms with Crippen LogP contribution >= 0.6 is 34.4 Å². The van der Waals surface area contributed by atoms with Gasteiger partial charge in [0.15, 0.2) is 11.0 Å². The molecule has 0 aliphatic heterocycles. The predicted octanol–water partition coefficient (Wildman–Crippen LogP) is 5.38. The smallest absolute Gasteiger partial charge is 0.268 e. The Balaban J connectivity index is 1.37. The lowest BCUT2D eigenvalue weighted by atomic mass is 9.97. The van der Waals surface area contributed by atoms with E-state index in [4.69, 9.17) is 13.9 Å². The number of hydrogen-bond acceptors (Lipinski definition) is 9. The van der Waals surface area contributed by atoms with Crippen LogP contribution in [0, 0.1) is 0 Å². The summed E-state index contributed by atoms with van der Waals surface area (Å²) < 4.78 is 12.6. The monoisotopic (exact) mass is 482 g/mol.